The Kier molecular flexibility index (Phi) is 4.60. The molecule has 6 nitrogen and oxygen atoms in total. The van der Waals surface area contributed by atoms with Gasteiger partial charge >= 0.3 is 5.97 Å². The predicted molar refractivity (Wildman–Crippen MR) is 82.6 cm³/mol. The van der Waals surface area contributed by atoms with Crippen LogP contribution >= 0.6 is 0 Å². The maximum atomic E-state index is 12.1. The van der Waals surface area contributed by atoms with Crippen LogP contribution in [0.2, 0.25) is 0 Å². The maximum Gasteiger partial charge on any atom is 0.326 e. The van der Waals surface area contributed by atoms with Gasteiger partial charge in [-0.1, -0.05) is 26.0 Å². The summed E-state index contributed by atoms with van der Waals surface area (Å²) in [5, 5.41) is 12.1. The molecule has 1 aromatic carbocycles. The second-order valence-electron chi connectivity index (χ2n) is 5.45. The van der Waals surface area contributed by atoms with Crippen molar-refractivity contribution in [1.82, 2.24) is 9.88 Å². The van der Waals surface area contributed by atoms with Gasteiger partial charge in [0.25, 0.3) is 0 Å². The summed E-state index contributed by atoms with van der Waals surface area (Å²) in [4.78, 5) is 35.0. The number of amides is 1. The number of nitrogens with one attached hydrogen (secondary N) is 1. The molecule has 1 atom stereocenters. The summed E-state index contributed by atoms with van der Waals surface area (Å²) in [5.41, 5.74) is 0.527. The fourth-order valence-electron chi connectivity index (χ4n) is 2.29. The molecule has 0 radical (unpaired) electrons. The van der Waals surface area contributed by atoms with Gasteiger partial charge in [0.05, 0.1) is 5.52 Å². The lowest BCUT2D eigenvalue weighted by atomic mass is 10.0. The van der Waals surface area contributed by atoms with Crippen molar-refractivity contribution in [1.29, 1.82) is 0 Å². The van der Waals surface area contributed by atoms with Crippen molar-refractivity contribution in [3.63, 3.8) is 0 Å². The van der Waals surface area contributed by atoms with Crippen molar-refractivity contribution < 1.29 is 14.7 Å². The summed E-state index contributed by atoms with van der Waals surface area (Å²) in [6.07, 6.45) is 1.54. The first-order valence-corrected chi connectivity index (χ1v) is 7.00. The van der Waals surface area contributed by atoms with E-state index in [1.54, 1.807) is 42.7 Å². The Morgan fingerprint density at radius 2 is 1.91 bits per heavy atom. The van der Waals surface area contributed by atoms with E-state index in [1.807, 2.05) is 0 Å². The molecule has 2 rings (SSSR count). The standard InChI is InChI=1S/C16H18N2O4/c1-10(2)15(16(21)22)17-14(20)9-18-8-7-13(19)11-5-3-4-6-12(11)18/h3-8,10,15H,9H2,1-2H3,(H,17,20)(H,21,22)/t15-/m1/s1. The third-order valence-electron chi connectivity index (χ3n) is 3.45. The van der Waals surface area contributed by atoms with E-state index in [2.05, 4.69) is 5.32 Å². The number of hydrogen-bond acceptors (Lipinski definition) is 3. The molecule has 2 aromatic rings. The van der Waals surface area contributed by atoms with E-state index in [0.29, 0.717) is 10.9 Å². The number of carbonyl (C=O) groups excluding carboxylic acids is 1. The lowest BCUT2D eigenvalue weighted by Crippen LogP contribution is -2.45. The summed E-state index contributed by atoms with van der Waals surface area (Å²) >= 11 is 0. The molecule has 0 fully saturated rings. The van der Waals surface area contributed by atoms with E-state index in [4.69, 9.17) is 5.11 Å². The molecule has 0 aliphatic rings. The first-order valence-electron chi connectivity index (χ1n) is 7.00. The van der Waals surface area contributed by atoms with Gasteiger partial charge in [0.1, 0.15) is 12.6 Å². The zero-order valence-electron chi connectivity index (χ0n) is 12.4. The summed E-state index contributed by atoms with van der Waals surface area (Å²) < 4.78 is 1.63. The van der Waals surface area contributed by atoms with Crippen LogP contribution in [0.1, 0.15) is 13.8 Å². The van der Waals surface area contributed by atoms with Crippen molar-refractivity contribution in [3.8, 4) is 0 Å². The summed E-state index contributed by atoms with van der Waals surface area (Å²) in [7, 11) is 0. The monoisotopic (exact) mass is 302 g/mol. The molecule has 22 heavy (non-hydrogen) atoms. The molecular formula is C16H18N2O4. The number of carboxylic acid groups (broad SMARTS) is 1. The second kappa shape index (κ2) is 6.43. The van der Waals surface area contributed by atoms with E-state index in [0.717, 1.165) is 0 Å². The SMILES string of the molecule is CC(C)[C@@H](NC(=O)Cn1ccc(=O)c2ccccc21)C(=O)O. The molecule has 2 N–H and O–H groups in total. The highest BCUT2D eigenvalue weighted by molar-refractivity contribution is 5.85. The molecule has 116 valence electrons. The number of hydrogen-bond donors (Lipinski definition) is 2. The summed E-state index contributed by atoms with van der Waals surface area (Å²) in [5.74, 6) is -1.68. The van der Waals surface area contributed by atoms with Crippen molar-refractivity contribution in [2.45, 2.75) is 26.4 Å². The normalized spacial score (nSPS) is 12.3. The van der Waals surface area contributed by atoms with Crippen LogP contribution in [0.4, 0.5) is 0 Å². The summed E-state index contributed by atoms with van der Waals surface area (Å²) in [6, 6.07) is 7.45. The van der Waals surface area contributed by atoms with E-state index in [9.17, 15) is 14.4 Å². The minimum atomic E-state index is -1.06. The molecule has 0 bridgehead atoms. The van der Waals surface area contributed by atoms with Gasteiger partial charge in [0, 0.05) is 17.6 Å². The fourth-order valence-corrected chi connectivity index (χ4v) is 2.29. The molecule has 0 saturated carbocycles. The van der Waals surface area contributed by atoms with Crippen molar-refractivity contribution in [2.24, 2.45) is 5.92 Å². The third kappa shape index (κ3) is 3.33. The minimum absolute atomic E-state index is 0.0444. The van der Waals surface area contributed by atoms with E-state index < -0.39 is 17.9 Å². The van der Waals surface area contributed by atoms with Crippen molar-refractivity contribution in [3.05, 3.63) is 46.8 Å². The number of carboxylic acids is 1. The topological polar surface area (TPSA) is 88.4 Å². The molecule has 0 aliphatic carbocycles. The van der Waals surface area contributed by atoms with Crippen LogP contribution in [-0.2, 0) is 16.1 Å². The number of nitrogens with zero attached hydrogens (tertiary/aromatic N) is 1. The number of fused-ring (bicyclic) bond motifs is 1. The minimum Gasteiger partial charge on any atom is -0.480 e. The molecule has 0 saturated heterocycles. The van der Waals surface area contributed by atoms with Crippen LogP contribution in [0.5, 0.6) is 0 Å². The first-order chi connectivity index (χ1) is 10.4. The van der Waals surface area contributed by atoms with Gasteiger partial charge in [0.15, 0.2) is 5.43 Å². The van der Waals surface area contributed by atoms with Gasteiger partial charge in [0.2, 0.25) is 5.91 Å². The van der Waals surface area contributed by atoms with Crippen LogP contribution in [0, 0.1) is 5.92 Å². The van der Waals surface area contributed by atoms with E-state index in [-0.39, 0.29) is 17.9 Å². The Bertz CT molecular complexity index is 764. The molecule has 0 unspecified atom stereocenters. The highest BCUT2D eigenvalue weighted by Gasteiger charge is 2.23. The molecule has 1 heterocycles. The van der Waals surface area contributed by atoms with Gasteiger partial charge in [-0.05, 0) is 18.1 Å². The van der Waals surface area contributed by atoms with Gasteiger partial charge in [-0.25, -0.2) is 4.79 Å². The number of pyridine rings is 1. The summed E-state index contributed by atoms with van der Waals surface area (Å²) in [6.45, 7) is 3.42. The fraction of sp³-hybridized carbons (Fsp3) is 0.312. The molecular weight excluding hydrogens is 284 g/mol. The Hall–Kier alpha value is -2.63. The van der Waals surface area contributed by atoms with Crippen LogP contribution in [0.15, 0.2) is 41.3 Å². The molecule has 6 heteroatoms. The first kappa shape index (κ1) is 15.8. The van der Waals surface area contributed by atoms with Gasteiger partial charge in [-0.2, -0.15) is 0 Å². The van der Waals surface area contributed by atoms with Crippen LogP contribution in [0.3, 0.4) is 0 Å². The maximum absolute atomic E-state index is 12.1. The smallest absolute Gasteiger partial charge is 0.326 e. The molecule has 1 aromatic heterocycles. The Morgan fingerprint density at radius 1 is 1.23 bits per heavy atom. The zero-order valence-corrected chi connectivity index (χ0v) is 12.4. The number of rotatable bonds is 5. The van der Waals surface area contributed by atoms with E-state index >= 15 is 0 Å². The lowest BCUT2D eigenvalue weighted by molar-refractivity contribution is -0.143. The van der Waals surface area contributed by atoms with Gasteiger partial charge < -0.3 is 15.0 Å². The average molecular weight is 302 g/mol. The number of carbonyl (C=O) groups is 2. The van der Waals surface area contributed by atoms with Crippen LogP contribution < -0.4 is 10.7 Å². The van der Waals surface area contributed by atoms with Crippen molar-refractivity contribution in [2.75, 3.05) is 0 Å². The third-order valence-corrected chi connectivity index (χ3v) is 3.45. The quantitative estimate of drug-likeness (QED) is 0.869. The van der Waals surface area contributed by atoms with Crippen LogP contribution in [0.25, 0.3) is 10.9 Å². The molecule has 1 amide bonds. The number of para-hydroxylation sites is 1. The predicted octanol–water partition coefficient (Wildman–Crippen LogP) is 1.23. The average Bonchev–Trinajstić information content (AvgIpc) is 2.47. The largest absolute Gasteiger partial charge is 0.480 e. The second-order valence-corrected chi connectivity index (χ2v) is 5.45. The molecule has 0 spiro atoms. The molecule has 0 aliphatic heterocycles. The number of benzene rings is 1. The van der Waals surface area contributed by atoms with Gasteiger partial charge in [-0.15, -0.1) is 0 Å². The highest BCUT2D eigenvalue weighted by atomic mass is 16.4. The number of aromatic nitrogens is 1. The Morgan fingerprint density at radius 3 is 2.55 bits per heavy atom. The lowest BCUT2D eigenvalue weighted by Gasteiger charge is -2.18. The van der Waals surface area contributed by atoms with E-state index in [1.165, 1.54) is 12.3 Å². The Balaban J connectivity index is 2.24. The van der Waals surface area contributed by atoms with Gasteiger partial charge in [-0.3, -0.25) is 9.59 Å². The Labute approximate surface area is 127 Å². The van der Waals surface area contributed by atoms with Crippen molar-refractivity contribution >= 4 is 22.8 Å². The highest BCUT2D eigenvalue weighted by Crippen LogP contribution is 2.09. The zero-order chi connectivity index (χ0) is 16.3. The van der Waals surface area contributed by atoms with Crippen LogP contribution in [-0.4, -0.2) is 27.6 Å². The number of aliphatic carboxylic acids is 1.